The molecule has 98 valence electrons. The second-order valence-corrected chi connectivity index (χ2v) is 5.40. The van der Waals surface area contributed by atoms with Gasteiger partial charge in [-0.3, -0.25) is 4.79 Å². The standard InChI is InChI=1S/C11H18N6O/c12-10-2-1-8-4-16(5-9(8)3-10)11(18)6-17-7-13-14-15-17/h7-10H,1-6,12H2/t8-,9+,10?/m1/s1. The highest BCUT2D eigenvalue weighted by molar-refractivity contribution is 5.76. The Hall–Kier alpha value is -1.50. The molecular weight excluding hydrogens is 232 g/mol. The lowest BCUT2D eigenvalue weighted by Gasteiger charge is -2.27. The summed E-state index contributed by atoms with van der Waals surface area (Å²) in [6.45, 7) is 1.95. The Morgan fingerprint density at radius 3 is 2.94 bits per heavy atom. The van der Waals surface area contributed by atoms with E-state index in [0.717, 1.165) is 32.4 Å². The van der Waals surface area contributed by atoms with Crippen molar-refractivity contribution in [3.8, 4) is 0 Å². The van der Waals surface area contributed by atoms with E-state index in [0.29, 0.717) is 17.9 Å². The van der Waals surface area contributed by atoms with Crippen LogP contribution in [0.1, 0.15) is 19.3 Å². The van der Waals surface area contributed by atoms with E-state index in [4.69, 9.17) is 5.73 Å². The van der Waals surface area contributed by atoms with Gasteiger partial charge in [-0.05, 0) is 41.5 Å². The highest BCUT2D eigenvalue weighted by atomic mass is 16.2. The second kappa shape index (κ2) is 4.64. The predicted octanol–water partition coefficient (Wildman–Crippen LogP) is -0.741. The summed E-state index contributed by atoms with van der Waals surface area (Å²) in [4.78, 5) is 14.1. The molecule has 7 heteroatoms. The Kier molecular flexibility index (Phi) is 2.99. The first-order chi connectivity index (χ1) is 8.72. The zero-order valence-corrected chi connectivity index (χ0v) is 10.3. The fourth-order valence-electron chi connectivity index (χ4n) is 3.16. The summed E-state index contributed by atoms with van der Waals surface area (Å²) in [6.07, 6.45) is 4.77. The molecule has 0 bridgehead atoms. The zero-order valence-electron chi connectivity index (χ0n) is 10.3. The Labute approximate surface area is 105 Å². The summed E-state index contributed by atoms with van der Waals surface area (Å²) in [5.74, 6) is 1.33. The molecule has 1 unspecified atom stereocenters. The highest BCUT2D eigenvalue weighted by Crippen LogP contribution is 2.35. The van der Waals surface area contributed by atoms with Gasteiger partial charge in [-0.2, -0.15) is 0 Å². The number of tetrazole rings is 1. The Morgan fingerprint density at radius 1 is 1.33 bits per heavy atom. The Balaban J connectivity index is 1.59. The third-order valence-electron chi connectivity index (χ3n) is 4.13. The molecule has 2 aliphatic rings. The van der Waals surface area contributed by atoms with E-state index in [1.165, 1.54) is 11.0 Å². The van der Waals surface area contributed by atoms with E-state index in [-0.39, 0.29) is 12.5 Å². The average molecular weight is 250 g/mol. The molecule has 18 heavy (non-hydrogen) atoms. The van der Waals surface area contributed by atoms with Crippen LogP contribution in [0.4, 0.5) is 0 Å². The quantitative estimate of drug-likeness (QED) is 0.746. The van der Waals surface area contributed by atoms with Crippen LogP contribution in [-0.4, -0.2) is 50.1 Å². The summed E-state index contributed by atoms with van der Waals surface area (Å²) in [6, 6.07) is 0.320. The minimum Gasteiger partial charge on any atom is -0.341 e. The number of carbonyl (C=O) groups excluding carboxylic acids is 1. The van der Waals surface area contributed by atoms with Gasteiger partial charge in [0.1, 0.15) is 12.9 Å². The first kappa shape index (κ1) is 11.6. The minimum absolute atomic E-state index is 0.102. The topological polar surface area (TPSA) is 89.9 Å². The number of hydrogen-bond acceptors (Lipinski definition) is 5. The number of nitrogens with two attached hydrogens (primary N) is 1. The fourth-order valence-corrected chi connectivity index (χ4v) is 3.16. The molecule has 0 radical (unpaired) electrons. The summed E-state index contributed by atoms with van der Waals surface area (Å²) < 4.78 is 1.47. The average Bonchev–Trinajstić information content (AvgIpc) is 2.96. The SMILES string of the molecule is NC1CC[C@@H]2CN(C(=O)Cn3cnnn3)C[C@@H]2C1. The van der Waals surface area contributed by atoms with Crippen LogP contribution in [0.5, 0.6) is 0 Å². The van der Waals surface area contributed by atoms with Gasteiger partial charge in [-0.15, -0.1) is 5.10 Å². The first-order valence-corrected chi connectivity index (χ1v) is 6.46. The van der Waals surface area contributed by atoms with Gasteiger partial charge in [-0.1, -0.05) is 0 Å². The molecule has 2 heterocycles. The minimum atomic E-state index is 0.102. The van der Waals surface area contributed by atoms with Crippen molar-refractivity contribution in [1.82, 2.24) is 25.1 Å². The van der Waals surface area contributed by atoms with E-state index in [1.807, 2.05) is 4.90 Å². The van der Waals surface area contributed by atoms with Crippen molar-refractivity contribution in [3.63, 3.8) is 0 Å². The predicted molar refractivity (Wildman–Crippen MR) is 63.2 cm³/mol. The molecule has 1 saturated carbocycles. The molecular formula is C11H18N6O. The van der Waals surface area contributed by atoms with E-state index in [2.05, 4.69) is 15.5 Å². The number of likely N-dealkylation sites (tertiary alicyclic amines) is 1. The Bertz CT molecular complexity index is 419. The van der Waals surface area contributed by atoms with Crippen LogP contribution in [0, 0.1) is 11.8 Å². The zero-order chi connectivity index (χ0) is 12.5. The number of carbonyl (C=O) groups is 1. The van der Waals surface area contributed by atoms with E-state index < -0.39 is 0 Å². The van der Waals surface area contributed by atoms with Crippen molar-refractivity contribution in [2.75, 3.05) is 13.1 Å². The molecule has 3 rings (SSSR count). The van der Waals surface area contributed by atoms with E-state index in [9.17, 15) is 4.79 Å². The lowest BCUT2D eigenvalue weighted by molar-refractivity contribution is -0.131. The van der Waals surface area contributed by atoms with Gasteiger partial charge in [0, 0.05) is 19.1 Å². The van der Waals surface area contributed by atoms with Gasteiger partial charge in [0.15, 0.2) is 0 Å². The molecule has 0 aromatic carbocycles. The summed E-state index contributed by atoms with van der Waals surface area (Å²) in [5, 5.41) is 10.8. The van der Waals surface area contributed by atoms with Crippen LogP contribution in [-0.2, 0) is 11.3 Å². The molecule has 2 fully saturated rings. The highest BCUT2D eigenvalue weighted by Gasteiger charge is 2.38. The molecule has 1 aliphatic carbocycles. The summed E-state index contributed by atoms with van der Waals surface area (Å²) in [5.41, 5.74) is 5.99. The van der Waals surface area contributed by atoms with E-state index >= 15 is 0 Å². The number of rotatable bonds is 2. The van der Waals surface area contributed by atoms with Gasteiger partial charge >= 0.3 is 0 Å². The lowest BCUT2D eigenvalue weighted by Crippen LogP contribution is -2.33. The number of aromatic nitrogens is 4. The van der Waals surface area contributed by atoms with Gasteiger partial charge < -0.3 is 10.6 Å². The second-order valence-electron chi connectivity index (χ2n) is 5.40. The number of amides is 1. The molecule has 3 atom stereocenters. The van der Waals surface area contributed by atoms with Crippen LogP contribution in [0.2, 0.25) is 0 Å². The van der Waals surface area contributed by atoms with Crippen LogP contribution in [0.3, 0.4) is 0 Å². The van der Waals surface area contributed by atoms with Gasteiger partial charge in [0.25, 0.3) is 0 Å². The first-order valence-electron chi connectivity index (χ1n) is 6.46. The van der Waals surface area contributed by atoms with Crippen molar-refractivity contribution in [3.05, 3.63) is 6.33 Å². The van der Waals surface area contributed by atoms with Gasteiger partial charge in [-0.25, -0.2) is 4.68 Å². The number of fused-ring (bicyclic) bond motifs is 1. The van der Waals surface area contributed by atoms with Crippen molar-refractivity contribution >= 4 is 5.91 Å². The molecule has 1 aromatic heterocycles. The van der Waals surface area contributed by atoms with Gasteiger partial charge in [0.05, 0.1) is 0 Å². The monoisotopic (exact) mass is 250 g/mol. The summed E-state index contributed by atoms with van der Waals surface area (Å²) >= 11 is 0. The maximum atomic E-state index is 12.1. The third-order valence-corrected chi connectivity index (χ3v) is 4.13. The molecule has 7 nitrogen and oxygen atoms in total. The van der Waals surface area contributed by atoms with Crippen molar-refractivity contribution in [2.24, 2.45) is 17.6 Å². The van der Waals surface area contributed by atoms with Crippen LogP contribution in [0.25, 0.3) is 0 Å². The Morgan fingerprint density at radius 2 is 2.17 bits per heavy atom. The van der Waals surface area contributed by atoms with Crippen LogP contribution >= 0.6 is 0 Å². The lowest BCUT2D eigenvalue weighted by atomic mass is 9.79. The fraction of sp³-hybridized carbons (Fsp3) is 0.818. The third kappa shape index (κ3) is 2.22. The molecule has 0 spiro atoms. The molecule has 1 saturated heterocycles. The molecule has 2 N–H and O–H groups in total. The normalized spacial score (nSPS) is 31.4. The van der Waals surface area contributed by atoms with E-state index in [1.54, 1.807) is 0 Å². The molecule has 1 amide bonds. The maximum Gasteiger partial charge on any atom is 0.244 e. The van der Waals surface area contributed by atoms with Crippen LogP contribution in [0.15, 0.2) is 6.33 Å². The van der Waals surface area contributed by atoms with Crippen molar-refractivity contribution in [2.45, 2.75) is 31.8 Å². The smallest absolute Gasteiger partial charge is 0.244 e. The van der Waals surface area contributed by atoms with Crippen LogP contribution < -0.4 is 5.73 Å². The largest absolute Gasteiger partial charge is 0.341 e. The number of nitrogens with zero attached hydrogens (tertiary/aromatic N) is 5. The van der Waals surface area contributed by atoms with Gasteiger partial charge in [0.2, 0.25) is 5.91 Å². The maximum absolute atomic E-state index is 12.1. The molecule has 1 aromatic rings. The molecule has 1 aliphatic heterocycles. The number of hydrogen-bond donors (Lipinski definition) is 1. The van der Waals surface area contributed by atoms with Crippen molar-refractivity contribution < 1.29 is 4.79 Å². The summed E-state index contributed by atoms with van der Waals surface area (Å²) in [7, 11) is 0. The van der Waals surface area contributed by atoms with Crippen molar-refractivity contribution in [1.29, 1.82) is 0 Å².